The Kier molecular flexibility index (Phi) is 4.36. The molecule has 1 saturated heterocycles. The molecule has 0 saturated carbocycles. The normalized spacial score (nSPS) is 25.5. The van der Waals surface area contributed by atoms with Gasteiger partial charge in [0.15, 0.2) is 0 Å². The summed E-state index contributed by atoms with van der Waals surface area (Å²) in [5.41, 5.74) is 2.87. The van der Waals surface area contributed by atoms with Crippen molar-refractivity contribution in [1.82, 2.24) is 4.90 Å². The molecule has 0 spiro atoms. The van der Waals surface area contributed by atoms with Gasteiger partial charge in [-0.05, 0) is 11.6 Å². The van der Waals surface area contributed by atoms with E-state index < -0.39 is 35.3 Å². The highest BCUT2D eigenvalue weighted by Crippen LogP contribution is 2.34. The van der Waals surface area contributed by atoms with E-state index in [1.807, 2.05) is 0 Å². The van der Waals surface area contributed by atoms with Gasteiger partial charge in [0.1, 0.15) is 11.6 Å². The number of carboxylic acid groups (broad SMARTS) is 2. The lowest BCUT2D eigenvalue weighted by Crippen LogP contribution is -2.50. The number of benzene rings is 1. The predicted octanol–water partition coefficient (Wildman–Crippen LogP) is 1.15. The third-order valence-corrected chi connectivity index (χ3v) is 3.89. The van der Waals surface area contributed by atoms with Crippen molar-refractivity contribution in [3.63, 3.8) is 0 Å². The van der Waals surface area contributed by atoms with Gasteiger partial charge in [-0.25, -0.2) is 0 Å². The van der Waals surface area contributed by atoms with E-state index in [0.29, 0.717) is 0 Å². The number of carbonyl (C=O) groups is 2. The maximum atomic E-state index is 13.0. The Morgan fingerprint density at radius 1 is 1.30 bits per heavy atom. The fraction of sp³-hybridized carbons (Fsp3) is 0.429. The van der Waals surface area contributed by atoms with Gasteiger partial charge in [0.25, 0.3) is 0 Å². The van der Waals surface area contributed by atoms with Gasteiger partial charge in [-0.3, -0.25) is 14.5 Å². The van der Waals surface area contributed by atoms with Crippen molar-refractivity contribution in [1.29, 1.82) is 0 Å². The summed E-state index contributed by atoms with van der Waals surface area (Å²) in [5, 5.41) is 18.3. The van der Waals surface area contributed by atoms with Crippen LogP contribution in [0.5, 0.6) is 0 Å². The Balaban J connectivity index is 2.32. The lowest BCUT2D eigenvalue weighted by atomic mass is 9.98. The Morgan fingerprint density at radius 2 is 1.91 bits per heavy atom. The molecule has 0 amide bonds. The number of nitrogens with two attached hydrogens (primary N) is 1. The van der Waals surface area contributed by atoms with Gasteiger partial charge in [0.2, 0.25) is 0 Å². The van der Waals surface area contributed by atoms with E-state index in [0.717, 1.165) is 11.0 Å². The Hall–Kier alpha value is -2.13. The average Bonchev–Trinajstić information content (AvgIpc) is 2.77. The zero-order valence-electron chi connectivity index (χ0n) is 11.9. The van der Waals surface area contributed by atoms with Crippen molar-refractivity contribution < 1.29 is 33.0 Å². The van der Waals surface area contributed by atoms with E-state index in [2.05, 4.69) is 0 Å². The summed E-state index contributed by atoms with van der Waals surface area (Å²) < 4.78 is 39.0. The number of rotatable bonds is 4. The molecule has 9 heteroatoms. The first-order chi connectivity index (χ1) is 10.5. The van der Waals surface area contributed by atoms with Crippen molar-refractivity contribution in [3.8, 4) is 0 Å². The number of aliphatic carboxylic acids is 2. The van der Waals surface area contributed by atoms with Crippen LogP contribution in [0.25, 0.3) is 0 Å². The van der Waals surface area contributed by atoms with Crippen molar-refractivity contribution >= 4 is 11.9 Å². The smallest absolute Gasteiger partial charge is 0.416 e. The molecule has 0 aromatic heterocycles. The number of halogens is 3. The van der Waals surface area contributed by atoms with Crippen molar-refractivity contribution in [2.45, 2.75) is 30.7 Å². The third-order valence-electron chi connectivity index (χ3n) is 3.89. The molecule has 23 heavy (non-hydrogen) atoms. The molecule has 0 aliphatic carbocycles. The van der Waals surface area contributed by atoms with Gasteiger partial charge >= 0.3 is 18.1 Å². The largest absolute Gasteiger partial charge is 0.480 e. The lowest BCUT2D eigenvalue weighted by molar-refractivity contribution is -0.143. The molecule has 1 aliphatic heterocycles. The van der Waals surface area contributed by atoms with Crippen LogP contribution in [0, 0.1) is 0 Å². The minimum absolute atomic E-state index is 0.124. The van der Waals surface area contributed by atoms with Crippen molar-refractivity contribution in [3.05, 3.63) is 35.4 Å². The number of hydrogen-bond acceptors (Lipinski definition) is 4. The minimum atomic E-state index is -4.58. The summed E-state index contributed by atoms with van der Waals surface area (Å²) in [6, 6.07) is 3.52. The number of hydrogen-bond donors (Lipinski definition) is 3. The van der Waals surface area contributed by atoms with Crippen LogP contribution in [0.4, 0.5) is 13.2 Å². The van der Waals surface area contributed by atoms with E-state index in [4.69, 9.17) is 10.8 Å². The third kappa shape index (κ3) is 3.45. The van der Waals surface area contributed by atoms with Crippen LogP contribution >= 0.6 is 0 Å². The van der Waals surface area contributed by atoms with E-state index in [-0.39, 0.29) is 25.1 Å². The number of nitrogens with zero attached hydrogens (tertiary/aromatic N) is 1. The molecular weight excluding hydrogens is 317 g/mol. The summed E-state index contributed by atoms with van der Waals surface area (Å²) in [7, 11) is 0. The first-order valence-electron chi connectivity index (χ1n) is 6.69. The van der Waals surface area contributed by atoms with Gasteiger partial charge in [-0.15, -0.1) is 0 Å². The van der Waals surface area contributed by atoms with Crippen molar-refractivity contribution in [2.75, 3.05) is 6.54 Å². The van der Waals surface area contributed by atoms with Crippen LogP contribution in [-0.2, 0) is 22.3 Å². The van der Waals surface area contributed by atoms with E-state index in [9.17, 15) is 27.9 Å². The van der Waals surface area contributed by atoms with Gasteiger partial charge in [0, 0.05) is 19.5 Å². The van der Waals surface area contributed by atoms with Gasteiger partial charge in [-0.1, -0.05) is 18.2 Å². The fourth-order valence-electron chi connectivity index (χ4n) is 2.73. The van der Waals surface area contributed by atoms with Crippen LogP contribution < -0.4 is 5.73 Å². The predicted molar refractivity (Wildman–Crippen MR) is 72.4 cm³/mol. The zero-order chi connectivity index (χ0) is 17.4. The zero-order valence-corrected chi connectivity index (χ0v) is 11.9. The van der Waals surface area contributed by atoms with Gasteiger partial charge < -0.3 is 15.9 Å². The molecule has 0 radical (unpaired) electrons. The quantitative estimate of drug-likeness (QED) is 0.764. The van der Waals surface area contributed by atoms with Crippen LogP contribution in [0.1, 0.15) is 17.5 Å². The van der Waals surface area contributed by atoms with Crippen LogP contribution in [0.2, 0.25) is 0 Å². The monoisotopic (exact) mass is 332 g/mol. The summed E-state index contributed by atoms with van der Waals surface area (Å²) >= 11 is 0. The molecule has 2 rings (SSSR count). The molecule has 6 nitrogen and oxygen atoms in total. The summed E-state index contributed by atoms with van der Waals surface area (Å²) in [4.78, 5) is 23.6. The van der Waals surface area contributed by atoms with Gasteiger partial charge in [0.05, 0.1) is 5.56 Å². The molecule has 126 valence electrons. The summed E-state index contributed by atoms with van der Waals surface area (Å²) in [6.45, 7) is -0.690. The Morgan fingerprint density at radius 3 is 2.43 bits per heavy atom. The van der Waals surface area contributed by atoms with E-state index in [1.165, 1.54) is 18.2 Å². The second-order valence-electron chi connectivity index (χ2n) is 5.58. The summed E-state index contributed by atoms with van der Waals surface area (Å²) in [6.07, 6.45) is -4.95. The molecule has 4 N–H and O–H groups in total. The number of alkyl halides is 3. The van der Waals surface area contributed by atoms with Crippen LogP contribution in [0.3, 0.4) is 0 Å². The SMILES string of the molecule is N[C@]1(C(=O)O)C[C@H](C(=O)O)N(Cc2ccccc2C(F)(F)F)C1. The molecule has 1 fully saturated rings. The second-order valence-corrected chi connectivity index (χ2v) is 5.58. The second kappa shape index (κ2) is 5.82. The Labute approximate surface area is 129 Å². The molecule has 0 unspecified atom stereocenters. The van der Waals surface area contributed by atoms with Crippen LogP contribution in [-0.4, -0.2) is 45.2 Å². The maximum absolute atomic E-state index is 13.0. The summed E-state index contributed by atoms with van der Waals surface area (Å²) in [5.74, 6) is -2.70. The van der Waals surface area contributed by atoms with E-state index >= 15 is 0 Å². The first kappa shape index (κ1) is 17.2. The molecule has 1 aromatic carbocycles. The topological polar surface area (TPSA) is 104 Å². The Bertz CT molecular complexity index is 635. The molecular formula is C14H15F3N2O4. The lowest BCUT2D eigenvalue weighted by Gasteiger charge is -2.23. The molecule has 2 atom stereocenters. The standard InChI is InChI=1S/C14H15F3N2O4/c15-14(16,17)9-4-2-1-3-8(9)6-19-7-13(18,12(22)23)5-10(19)11(20)21/h1-4,10H,5-7,18H2,(H,20,21)(H,22,23)/t10-,13-/m1/s1. The highest BCUT2D eigenvalue weighted by Gasteiger charge is 2.49. The molecule has 1 aromatic rings. The molecule has 1 heterocycles. The van der Waals surface area contributed by atoms with Gasteiger partial charge in [-0.2, -0.15) is 13.2 Å². The first-order valence-corrected chi connectivity index (χ1v) is 6.69. The molecule has 1 aliphatic rings. The fourth-order valence-corrected chi connectivity index (χ4v) is 2.73. The maximum Gasteiger partial charge on any atom is 0.416 e. The van der Waals surface area contributed by atoms with E-state index in [1.54, 1.807) is 0 Å². The number of carboxylic acids is 2. The highest BCUT2D eigenvalue weighted by atomic mass is 19.4. The number of likely N-dealkylation sites (tertiary alicyclic amines) is 1. The van der Waals surface area contributed by atoms with Crippen LogP contribution in [0.15, 0.2) is 24.3 Å². The minimum Gasteiger partial charge on any atom is -0.480 e. The van der Waals surface area contributed by atoms with Crippen molar-refractivity contribution in [2.24, 2.45) is 5.73 Å². The highest BCUT2D eigenvalue weighted by molar-refractivity contribution is 5.83. The average molecular weight is 332 g/mol. The molecule has 0 bridgehead atoms.